The summed E-state index contributed by atoms with van der Waals surface area (Å²) in [5.74, 6) is 2.10. The van der Waals surface area contributed by atoms with Gasteiger partial charge in [-0.2, -0.15) is 8.42 Å². The molecule has 0 heterocycles. The summed E-state index contributed by atoms with van der Waals surface area (Å²) in [7, 11) is -2.80. The second-order valence-electron chi connectivity index (χ2n) is 6.73. The van der Waals surface area contributed by atoms with Crippen molar-refractivity contribution in [2.75, 3.05) is 7.11 Å². The van der Waals surface area contributed by atoms with Gasteiger partial charge in [0.2, 0.25) is 0 Å². The van der Waals surface area contributed by atoms with E-state index in [1.165, 1.54) is 6.07 Å². The monoisotopic (exact) mass is 428 g/mol. The van der Waals surface area contributed by atoms with Gasteiger partial charge in [-0.15, -0.1) is 0 Å². The summed E-state index contributed by atoms with van der Waals surface area (Å²) in [5, 5.41) is 0. The number of hydrogen-bond acceptors (Lipinski definition) is 5. The van der Waals surface area contributed by atoms with Crippen molar-refractivity contribution in [1.82, 2.24) is 0 Å². The first-order chi connectivity index (χ1) is 14.3. The Morgan fingerprint density at radius 1 is 0.867 bits per heavy atom. The summed E-state index contributed by atoms with van der Waals surface area (Å²) < 4.78 is 49.9. The molecule has 0 aromatic heterocycles. The summed E-state index contributed by atoms with van der Waals surface area (Å²) in [6.07, 6.45) is 0.568. The third-order valence-electron chi connectivity index (χ3n) is 4.70. The molecule has 0 amide bonds. The maximum Gasteiger partial charge on any atom is 0.298 e. The van der Waals surface area contributed by atoms with Gasteiger partial charge in [0.05, 0.1) is 7.11 Å². The number of hydrogen-bond donors (Lipinski definition) is 1. The second kappa shape index (κ2) is 9.19. The van der Waals surface area contributed by atoms with Crippen LogP contribution in [-0.2, 0) is 23.1 Å². The Balaban J connectivity index is 1.76. The van der Waals surface area contributed by atoms with Crippen LogP contribution in [0.1, 0.15) is 23.6 Å². The van der Waals surface area contributed by atoms with Gasteiger partial charge >= 0.3 is 0 Å². The molecule has 0 aliphatic heterocycles. The molecule has 0 saturated carbocycles. The Bertz CT molecular complexity index is 1100. The zero-order valence-electron chi connectivity index (χ0n) is 17.1. The second-order valence-corrected chi connectivity index (χ2v) is 8.12. The molecule has 1 N–H and O–H groups in total. The van der Waals surface area contributed by atoms with Crippen LogP contribution in [0.3, 0.4) is 0 Å². The van der Waals surface area contributed by atoms with E-state index in [2.05, 4.69) is 0 Å². The van der Waals surface area contributed by atoms with Crippen molar-refractivity contribution in [3.63, 3.8) is 0 Å². The average molecular weight is 429 g/mol. The van der Waals surface area contributed by atoms with E-state index in [4.69, 9.17) is 14.2 Å². The van der Waals surface area contributed by atoms with E-state index in [1.807, 2.05) is 50.2 Å². The lowest BCUT2D eigenvalue weighted by molar-refractivity contribution is 0.305. The molecule has 0 spiro atoms. The van der Waals surface area contributed by atoms with Gasteiger partial charge in [0.1, 0.15) is 28.8 Å². The third kappa shape index (κ3) is 5.11. The predicted molar refractivity (Wildman–Crippen MR) is 114 cm³/mol. The van der Waals surface area contributed by atoms with Gasteiger partial charge in [-0.1, -0.05) is 25.1 Å². The topological polar surface area (TPSA) is 82.1 Å². The van der Waals surface area contributed by atoms with E-state index in [-0.39, 0.29) is 10.6 Å². The average Bonchev–Trinajstić information content (AvgIpc) is 2.73. The highest BCUT2D eigenvalue weighted by Crippen LogP contribution is 2.35. The summed E-state index contributed by atoms with van der Waals surface area (Å²) in [4.78, 5) is -0.239. The van der Waals surface area contributed by atoms with Crippen LogP contribution < -0.4 is 14.2 Å². The van der Waals surface area contributed by atoms with Crippen LogP contribution in [0.15, 0.2) is 65.6 Å². The lowest BCUT2D eigenvalue weighted by Crippen LogP contribution is -2.05. The first-order valence-electron chi connectivity index (χ1n) is 9.45. The molecule has 3 aromatic rings. The lowest BCUT2D eigenvalue weighted by atomic mass is 10.1. The van der Waals surface area contributed by atoms with E-state index >= 15 is 0 Å². The Morgan fingerprint density at radius 3 is 2.03 bits per heavy atom. The van der Waals surface area contributed by atoms with Gasteiger partial charge in [-0.05, 0) is 72.5 Å². The summed E-state index contributed by atoms with van der Waals surface area (Å²) in [6, 6.07) is 17.5. The third-order valence-corrected chi connectivity index (χ3v) is 5.58. The minimum Gasteiger partial charge on any atom is -0.497 e. The molecule has 0 fully saturated rings. The van der Waals surface area contributed by atoms with Crippen molar-refractivity contribution in [1.29, 1.82) is 0 Å². The van der Waals surface area contributed by atoms with Crippen LogP contribution in [-0.4, -0.2) is 20.1 Å². The molecule has 0 atom stereocenters. The highest BCUT2D eigenvalue weighted by molar-refractivity contribution is 7.86. The molecule has 3 aromatic carbocycles. The molecule has 6 nitrogen and oxygen atoms in total. The zero-order chi connectivity index (χ0) is 21.7. The van der Waals surface area contributed by atoms with Gasteiger partial charge in [0, 0.05) is 0 Å². The Labute approximate surface area is 176 Å². The van der Waals surface area contributed by atoms with Crippen molar-refractivity contribution in [2.24, 2.45) is 0 Å². The van der Waals surface area contributed by atoms with Gasteiger partial charge in [-0.3, -0.25) is 4.55 Å². The van der Waals surface area contributed by atoms with Gasteiger partial charge < -0.3 is 14.2 Å². The van der Waals surface area contributed by atoms with E-state index < -0.39 is 10.1 Å². The number of ether oxygens (including phenoxy) is 3. The Hall–Kier alpha value is -3.03. The van der Waals surface area contributed by atoms with E-state index in [1.54, 1.807) is 25.3 Å². The van der Waals surface area contributed by atoms with E-state index in [0.717, 1.165) is 28.2 Å². The Kier molecular flexibility index (Phi) is 6.64. The van der Waals surface area contributed by atoms with E-state index in [0.29, 0.717) is 18.8 Å². The van der Waals surface area contributed by atoms with Crippen molar-refractivity contribution in [2.45, 2.75) is 31.8 Å². The highest BCUT2D eigenvalue weighted by Gasteiger charge is 2.21. The standard InChI is InChI=1S/C23H24O6S/c1-4-21-16(2)5-14-22(30(24,25)26)23(21)29-20-8-6-17(7-9-20)15-28-19-12-10-18(27-3)11-13-19/h5-14H,4,15H2,1-3H3,(H,24,25,26). The van der Waals surface area contributed by atoms with E-state index in [9.17, 15) is 13.0 Å². The van der Waals surface area contributed by atoms with Gasteiger partial charge in [0.15, 0.2) is 5.75 Å². The molecule has 0 radical (unpaired) electrons. The largest absolute Gasteiger partial charge is 0.497 e. The van der Waals surface area contributed by atoms with Gasteiger partial charge in [0.25, 0.3) is 10.1 Å². The molecule has 7 heteroatoms. The molecule has 158 valence electrons. The van der Waals surface area contributed by atoms with Crippen molar-refractivity contribution in [3.8, 4) is 23.0 Å². The summed E-state index contributed by atoms with van der Waals surface area (Å²) in [5.41, 5.74) is 2.55. The minimum absolute atomic E-state index is 0.155. The first-order valence-corrected chi connectivity index (χ1v) is 10.9. The van der Waals surface area contributed by atoms with Crippen LogP contribution in [0.5, 0.6) is 23.0 Å². The smallest absolute Gasteiger partial charge is 0.298 e. The molecule has 0 unspecified atom stereocenters. The highest BCUT2D eigenvalue weighted by atomic mass is 32.2. The van der Waals surface area contributed by atoms with Gasteiger partial charge in [-0.25, -0.2) is 0 Å². The maximum absolute atomic E-state index is 11.8. The quantitative estimate of drug-likeness (QED) is 0.498. The minimum atomic E-state index is -4.41. The van der Waals surface area contributed by atoms with Crippen molar-refractivity contribution in [3.05, 3.63) is 77.4 Å². The number of methoxy groups -OCH3 is 1. The fourth-order valence-electron chi connectivity index (χ4n) is 3.07. The van der Waals surface area contributed by atoms with Crippen molar-refractivity contribution < 1.29 is 27.2 Å². The van der Waals surface area contributed by atoms with Crippen LogP contribution >= 0.6 is 0 Å². The Morgan fingerprint density at radius 2 is 1.47 bits per heavy atom. The van der Waals surface area contributed by atoms with Crippen LogP contribution in [0.4, 0.5) is 0 Å². The molecular formula is C23H24O6S. The zero-order valence-corrected chi connectivity index (χ0v) is 17.9. The van der Waals surface area contributed by atoms with Crippen LogP contribution in [0.2, 0.25) is 0 Å². The van der Waals surface area contributed by atoms with Crippen LogP contribution in [0, 0.1) is 6.92 Å². The molecule has 0 aliphatic rings. The van der Waals surface area contributed by atoms with Crippen molar-refractivity contribution >= 4 is 10.1 Å². The molecule has 0 saturated heterocycles. The first kappa shape index (κ1) is 21.7. The lowest BCUT2D eigenvalue weighted by Gasteiger charge is -2.16. The number of rotatable bonds is 8. The number of benzene rings is 3. The molecule has 0 bridgehead atoms. The maximum atomic E-state index is 11.8. The molecule has 3 rings (SSSR count). The van der Waals surface area contributed by atoms with Crippen LogP contribution in [0.25, 0.3) is 0 Å². The SMILES string of the molecule is CCc1c(C)ccc(S(=O)(=O)O)c1Oc1ccc(COc2ccc(OC)cc2)cc1. The summed E-state index contributed by atoms with van der Waals surface area (Å²) in [6.45, 7) is 4.15. The normalized spacial score (nSPS) is 11.2. The predicted octanol–water partition coefficient (Wildman–Crippen LogP) is 5.18. The fourth-order valence-corrected chi connectivity index (χ4v) is 3.71. The number of aryl methyl sites for hydroxylation is 1. The fraction of sp³-hybridized carbons (Fsp3) is 0.217. The summed E-state index contributed by atoms with van der Waals surface area (Å²) >= 11 is 0. The molecular weight excluding hydrogens is 404 g/mol. The molecule has 30 heavy (non-hydrogen) atoms. The molecule has 0 aliphatic carbocycles.